The van der Waals surface area contributed by atoms with E-state index in [0.717, 1.165) is 0 Å². The quantitative estimate of drug-likeness (QED) is 0.879. The van der Waals surface area contributed by atoms with Crippen LogP contribution in [-0.2, 0) is 0 Å². The standard InChI is InChI=1S/C15H16N2O4/c1-9(2)8-21-11-5-3-4-10(6-11)13-7-12(15(19)20)14(18)17-16-13/h3-7,9H,8H2,1-2H3,(H,17,18)(H,19,20). The van der Waals surface area contributed by atoms with Gasteiger partial charge in [0.1, 0.15) is 11.3 Å². The molecule has 0 radical (unpaired) electrons. The molecule has 0 saturated heterocycles. The van der Waals surface area contributed by atoms with Crippen molar-refractivity contribution < 1.29 is 14.6 Å². The summed E-state index contributed by atoms with van der Waals surface area (Å²) < 4.78 is 5.61. The van der Waals surface area contributed by atoms with Crippen molar-refractivity contribution in [2.45, 2.75) is 13.8 Å². The number of H-pyrrole nitrogens is 1. The first-order chi connectivity index (χ1) is 9.97. The van der Waals surface area contributed by atoms with Crippen LogP contribution in [0.4, 0.5) is 0 Å². The highest BCUT2D eigenvalue weighted by Gasteiger charge is 2.12. The number of hydrogen-bond acceptors (Lipinski definition) is 4. The smallest absolute Gasteiger partial charge is 0.341 e. The number of aromatic amines is 1. The molecule has 1 aromatic heterocycles. The van der Waals surface area contributed by atoms with E-state index in [2.05, 4.69) is 10.2 Å². The van der Waals surface area contributed by atoms with Crippen LogP contribution in [0, 0.1) is 5.92 Å². The fraction of sp³-hybridized carbons (Fsp3) is 0.267. The number of aromatic nitrogens is 2. The highest BCUT2D eigenvalue weighted by atomic mass is 16.5. The summed E-state index contributed by atoms with van der Waals surface area (Å²) in [6, 6.07) is 8.39. The van der Waals surface area contributed by atoms with E-state index in [9.17, 15) is 9.59 Å². The molecule has 0 atom stereocenters. The molecule has 0 bridgehead atoms. The Hall–Kier alpha value is -2.63. The van der Waals surface area contributed by atoms with Gasteiger partial charge in [-0.1, -0.05) is 26.0 Å². The normalized spacial score (nSPS) is 10.6. The minimum Gasteiger partial charge on any atom is -0.493 e. The van der Waals surface area contributed by atoms with E-state index >= 15 is 0 Å². The van der Waals surface area contributed by atoms with Crippen LogP contribution in [0.15, 0.2) is 35.1 Å². The third-order valence-electron chi connectivity index (χ3n) is 2.75. The van der Waals surface area contributed by atoms with Gasteiger partial charge in [0.15, 0.2) is 0 Å². The van der Waals surface area contributed by atoms with Gasteiger partial charge in [0.05, 0.1) is 12.3 Å². The Bertz CT molecular complexity index is 707. The highest BCUT2D eigenvalue weighted by Crippen LogP contribution is 2.22. The molecule has 0 saturated carbocycles. The van der Waals surface area contributed by atoms with Crippen LogP contribution in [0.1, 0.15) is 24.2 Å². The van der Waals surface area contributed by atoms with E-state index in [1.165, 1.54) is 6.07 Å². The minimum atomic E-state index is -1.29. The first kappa shape index (κ1) is 14.8. The Morgan fingerprint density at radius 1 is 1.38 bits per heavy atom. The van der Waals surface area contributed by atoms with Gasteiger partial charge in [-0.3, -0.25) is 4.79 Å². The Balaban J connectivity index is 2.34. The molecule has 0 fully saturated rings. The van der Waals surface area contributed by atoms with Gasteiger partial charge in [-0.15, -0.1) is 0 Å². The second-order valence-corrected chi connectivity index (χ2v) is 5.03. The molecule has 0 aliphatic rings. The molecule has 21 heavy (non-hydrogen) atoms. The fourth-order valence-electron chi connectivity index (χ4n) is 1.72. The van der Waals surface area contributed by atoms with Crippen molar-refractivity contribution in [1.82, 2.24) is 10.2 Å². The number of benzene rings is 1. The second-order valence-electron chi connectivity index (χ2n) is 5.03. The molecule has 1 aromatic carbocycles. The van der Waals surface area contributed by atoms with Crippen LogP contribution in [0.5, 0.6) is 5.75 Å². The maximum Gasteiger partial charge on any atom is 0.341 e. The molecule has 0 aliphatic heterocycles. The Morgan fingerprint density at radius 3 is 2.81 bits per heavy atom. The maximum atomic E-state index is 11.4. The zero-order valence-corrected chi connectivity index (χ0v) is 11.8. The Labute approximate surface area is 121 Å². The summed E-state index contributed by atoms with van der Waals surface area (Å²) in [7, 11) is 0. The number of carboxylic acid groups (broad SMARTS) is 1. The van der Waals surface area contributed by atoms with Gasteiger partial charge < -0.3 is 9.84 Å². The van der Waals surface area contributed by atoms with Crippen molar-refractivity contribution >= 4 is 5.97 Å². The minimum absolute atomic E-state index is 0.339. The van der Waals surface area contributed by atoms with Crippen molar-refractivity contribution in [1.29, 1.82) is 0 Å². The molecule has 0 amide bonds. The summed E-state index contributed by atoms with van der Waals surface area (Å²) in [6.45, 7) is 4.68. The lowest BCUT2D eigenvalue weighted by molar-refractivity contribution is 0.0694. The number of carboxylic acids is 1. The lowest BCUT2D eigenvalue weighted by atomic mass is 10.1. The van der Waals surface area contributed by atoms with Crippen molar-refractivity contribution in [3.63, 3.8) is 0 Å². The van der Waals surface area contributed by atoms with E-state index in [0.29, 0.717) is 29.5 Å². The van der Waals surface area contributed by atoms with Crippen LogP contribution in [0.3, 0.4) is 0 Å². The van der Waals surface area contributed by atoms with Crippen molar-refractivity contribution in [2.24, 2.45) is 5.92 Å². The predicted octanol–water partition coefficient (Wildman–Crippen LogP) is 2.17. The summed E-state index contributed by atoms with van der Waals surface area (Å²) in [6.07, 6.45) is 0. The third-order valence-corrected chi connectivity index (χ3v) is 2.75. The molecule has 0 aliphatic carbocycles. The average Bonchev–Trinajstić information content (AvgIpc) is 2.45. The number of hydrogen-bond donors (Lipinski definition) is 2. The number of aromatic carboxylic acids is 1. The zero-order chi connectivity index (χ0) is 15.4. The van der Waals surface area contributed by atoms with Gasteiger partial charge in [-0.25, -0.2) is 9.89 Å². The predicted molar refractivity (Wildman–Crippen MR) is 77.6 cm³/mol. The zero-order valence-electron chi connectivity index (χ0n) is 11.8. The van der Waals surface area contributed by atoms with E-state index in [4.69, 9.17) is 9.84 Å². The molecule has 1 heterocycles. The Morgan fingerprint density at radius 2 is 2.14 bits per heavy atom. The molecule has 110 valence electrons. The number of nitrogens with one attached hydrogen (secondary N) is 1. The van der Waals surface area contributed by atoms with Crippen LogP contribution < -0.4 is 10.3 Å². The van der Waals surface area contributed by atoms with Gasteiger partial charge >= 0.3 is 5.97 Å². The molecule has 0 unspecified atom stereocenters. The fourth-order valence-corrected chi connectivity index (χ4v) is 1.72. The summed E-state index contributed by atoms with van der Waals surface area (Å²) in [5.41, 5.74) is -0.0102. The molecular weight excluding hydrogens is 272 g/mol. The lowest BCUT2D eigenvalue weighted by Crippen LogP contribution is -2.18. The summed E-state index contributed by atoms with van der Waals surface area (Å²) >= 11 is 0. The van der Waals surface area contributed by atoms with Gasteiger partial charge in [0.2, 0.25) is 0 Å². The number of nitrogens with zero attached hydrogens (tertiary/aromatic N) is 1. The molecule has 6 nitrogen and oxygen atoms in total. The second kappa shape index (κ2) is 6.21. The van der Waals surface area contributed by atoms with Gasteiger partial charge in [0, 0.05) is 5.56 Å². The van der Waals surface area contributed by atoms with Gasteiger partial charge in [-0.2, -0.15) is 5.10 Å². The topological polar surface area (TPSA) is 92.3 Å². The van der Waals surface area contributed by atoms with Crippen LogP contribution in [0.25, 0.3) is 11.3 Å². The van der Waals surface area contributed by atoms with Crippen molar-refractivity contribution in [3.8, 4) is 17.0 Å². The van der Waals surface area contributed by atoms with Crippen molar-refractivity contribution in [2.75, 3.05) is 6.61 Å². The number of rotatable bonds is 5. The van der Waals surface area contributed by atoms with E-state index in [1.807, 2.05) is 19.9 Å². The first-order valence-electron chi connectivity index (χ1n) is 6.53. The van der Waals surface area contributed by atoms with Crippen LogP contribution in [0.2, 0.25) is 0 Å². The van der Waals surface area contributed by atoms with E-state index in [1.54, 1.807) is 18.2 Å². The molecular formula is C15H16N2O4. The van der Waals surface area contributed by atoms with Crippen molar-refractivity contribution in [3.05, 3.63) is 46.2 Å². The van der Waals surface area contributed by atoms with Crippen LogP contribution in [-0.4, -0.2) is 27.9 Å². The molecule has 2 aromatic rings. The van der Waals surface area contributed by atoms with E-state index in [-0.39, 0.29) is 5.56 Å². The molecule has 2 N–H and O–H groups in total. The van der Waals surface area contributed by atoms with Gasteiger partial charge in [0.25, 0.3) is 5.56 Å². The number of carbonyl (C=O) groups is 1. The monoisotopic (exact) mass is 288 g/mol. The average molecular weight is 288 g/mol. The molecule has 2 rings (SSSR count). The number of ether oxygens (including phenoxy) is 1. The third kappa shape index (κ3) is 3.68. The van der Waals surface area contributed by atoms with E-state index < -0.39 is 11.5 Å². The highest BCUT2D eigenvalue weighted by molar-refractivity contribution is 5.88. The molecule has 6 heteroatoms. The first-order valence-corrected chi connectivity index (χ1v) is 6.53. The Kier molecular flexibility index (Phi) is 4.37. The summed E-state index contributed by atoms with van der Waals surface area (Å²) in [4.78, 5) is 22.3. The lowest BCUT2D eigenvalue weighted by Gasteiger charge is -2.09. The summed E-state index contributed by atoms with van der Waals surface area (Å²) in [5, 5.41) is 15.0. The maximum absolute atomic E-state index is 11.4. The largest absolute Gasteiger partial charge is 0.493 e. The SMILES string of the molecule is CC(C)COc1cccc(-c2cc(C(=O)O)c(=O)[nH]n2)c1. The summed E-state index contributed by atoms with van der Waals surface area (Å²) in [5.74, 6) is -0.211. The van der Waals surface area contributed by atoms with Crippen LogP contribution >= 0.6 is 0 Å². The molecule has 0 spiro atoms. The van der Waals surface area contributed by atoms with Gasteiger partial charge in [-0.05, 0) is 24.1 Å².